The van der Waals surface area contributed by atoms with Crippen molar-refractivity contribution in [3.63, 3.8) is 0 Å². The molecule has 2 bridgehead atoms. The molecule has 3 aliphatic rings. The second-order valence-corrected chi connectivity index (χ2v) is 21.0. The Labute approximate surface area is 457 Å². The molecule has 0 aliphatic carbocycles. The molecule has 3 heterocycles. The van der Waals surface area contributed by atoms with E-state index in [1.807, 2.05) is 0 Å². The average Bonchev–Trinajstić information content (AvgIpc) is 3.47. The highest BCUT2D eigenvalue weighted by Gasteiger charge is 2.21. The van der Waals surface area contributed by atoms with E-state index in [0.29, 0.717) is 19.8 Å². The van der Waals surface area contributed by atoms with E-state index in [9.17, 15) is 0 Å². The number of rotatable bonds is 9. The topological polar surface area (TPSA) is 43.9 Å². The lowest BCUT2D eigenvalue weighted by molar-refractivity contribution is 0.139. The van der Waals surface area contributed by atoms with Gasteiger partial charge in [0, 0.05) is 115 Å². The molecule has 77 heavy (non-hydrogen) atoms. The number of benzene rings is 9. The molecule has 9 aromatic carbocycles. The molecule has 0 N–H and O–H groups in total. The molecule has 0 amide bonds. The molecule has 9 aromatic rings. The first-order chi connectivity index (χ1) is 38.1. The summed E-state index contributed by atoms with van der Waals surface area (Å²) in [7, 11) is 0. The van der Waals surface area contributed by atoms with Gasteiger partial charge in [0.25, 0.3) is 0 Å². The standard InChI is InChI=1S/C69H75N5O3/c1-7-28-64-55(16-1)22-13-25-58(64)34-37-72-43-40-70-41-44-73(38-35-59-26-14-23-56-17-2-8-29-65(56)59)53-62-20-5-11-32-68(62)76-50-47-71(46-49-75-67-31-10-4-19-61(67)52-72)48-51-77-69-33-12-6-21-63(69)54-74(45-42-70)39-36-60-27-15-24-57-18-3-9-30-66(57)60/h1-33H,34-54H2. The molecule has 0 fully saturated rings. The third kappa shape index (κ3) is 13.9. The summed E-state index contributed by atoms with van der Waals surface area (Å²) < 4.78 is 20.4. The van der Waals surface area contributed by atoms with Crippen LogP contribution in [-0.2, 0) is 38.9 Å². The highest BCUT2D eigenvalue weighted by atomic mass is 16.5. The van der Waals surface area contributed by atoms with E-state index in [0.717, 1.165) is 135 Å². The van der Waals surface area contributed by atoms with E-state index in [1.54, 1.807) is 0 Å². The molecule has 0 saturated carbocycles. The van der Waals surface area contributed by atoms with Gasteiger partial charge in [0.1, 0.15) is 37.1 Å². The van der Waals surface area contributed by atoms with Gasteiger partial charge in [-0.15, -0.1) is 0 Å². The highest BCUT2D eigenvalue weighted by Crippen LogP contribution is 2.27. The van der Waals surface area contributed by atoms with Crippen molar-refractivity contribution in [2.45, 2.75) is 38.9 Å². The minimum absolute atomic E-state index is 0.561. The summed E-state index contributed by atoms with van der Waals surface area (Å²) in [5, 5.41) is 7.93. The smallest absolute Gasteiger partial charge is 0.123 e. The number of nitrogens with zero attached hydrogens (tertiary/aromatic N) is 5. The fourth-order valence-corrected chi connectivity index (χ4v) is 11.6. The molecule has 8 nitrogen and oxygen atoms in total. The number of para-hydroxylation sites is 3. The quantitative estimate of drug-likeness (QED) is 0.142. The molecule has 0 spiro atoms. The van der Waals surface area contributed by atoms with Crippen LogP contribution in [0.5, 0.6) is 17.2 Å². The Bertz CT molecular complexity index is 2960. The fraction of sp³-hybridized carbons (Fsp3) is 0.304. The number of ether oxygens (including phenoxy) is 3. The monoisotopic (exact) mass is 1020 g/mol. The van der Waals surface area contributed by atoms with Crippen LogP contribution in [0, 0.1) is 0 Å². The summed E-state index contributed by atoms with van der Waals surface area (Å²) >= 11 is 0. The van der Waals surface area contributed by atoms with Crippen LogP contribution in [0.25, 0.3) is 32.3 Å². The molecule has 394 valence electrons. The van der Waals surface area contributed by atoms with Gasteiger partial charge < -0.3 is 14.2 Å². The van der Waals surface area contributed by atoms with E-state index < -0.39 is 0 Å². The third-order valence-corrected chi connectivity index (χ3v) is 16.0. The maximum atomic E-state index is 6.79. The Morgan fingerprint density at radius 2 is 0.558 bits per heavy atom. The minimum atomic E-state index is 0.561. The SMILES string of the molecule is c1ccc2c(c1)CN(CCc1cccc3ccccc13)CCN1CCN(CCc3cccc4ccccc34)Cc3ccccc3OCCN(CCO2)CCOc2ccccc2CN(CCc2cccc3ccccc23)CC1. The van der Waals surface area contributed by atoms with E-state index in [4.69, 9.17) is 14.2 Å². The van der Waals surface area contributed by atoms with Crippen LogP contribution in [0.3, 0.4) is 0 Å². The summed E-state index contributed by atoms with van der Waals surface area (Å²) in [6.45, 7) is 14.7. The van der Waals surface area contributed by atoms with Gasteiger partial charge in [0.2, 0.25) is 0 Å². The number of hydrogen-bond acceptors (Lipinski definition) is 8. The summed E-state index contributed by atoms with van der Waals surface area (Å²) in [6, 6.07) is 73.1. The maximum Gasteiger partial charge on any atom is 0.123 e. The van der Waals surface area contributed by atoms with Crippen molar-refractivity contribution in [3.05, 3.63) is 234 Å². The van der Waals surface area contributed by atoms with Crippen molar-refractivity contribution >= 4 is 32.3 Å². The molecular formula is C69H75N5O3. The van der Waals surface area contributed by atoms with Gasteiger partial charge in [-0.3, -0.25) is 24.5 Å². The van der Waals surface area contributed by atoms with Crippen molar-refractivity contribution < 1.29 is 14.2 Å². The zero-order valence-electron chi connectivity index (χ0n) is 44.9. The van der Waals surface area contributed by atoms with Crippen molar-refractivity contribution in [2.24, 2.45) is 0 Å². The zero-order valence-corrected chi connectivity index (χ0v) is 44.9. The Hall–Kier alpha value is -7.04. The van der Waals surface area contributed by atoms with Crippen LogP contribution in [0.4, 0.5) is 0 Å². The summed E-state index contributed by atoms with van der Waals surface area (Å²) in [4.78, 5) is 13.3. The van der Waals surface area contributed by atoms with Crippen molar-refractivity contribution in [1.82, 2.24) is 24.5 Å². The third-order valence-electron chi connectivity index (χ3n) is 16.0. The molecule has 12 rings (SSSR count). The van der Waals surface area contributed by atoms with Crippen LogP contribution < -0.4 is 14.2 Å². The average molecular weight is 1020 g/mol. The molecule has 0 radical (unpaired) electrons. The minimum Gasteiger partial charge on any atom is -0.492 e. The molecule has 0 unspecified atom stereocenters. The predicted octanol–water partition coefficient (Wildman–Crippen LogP) is 12.4. The molecule has 3 aliphatic heterocycles. The van der Waals surface area contributed by atoms with Gasteiger partial charge in [0.05, 0.1) is 0 Å². The zero-order chi connectivity index (χ0) is 51.9. The Morgan fingerprint density at radius 1 is 0.273 bits per heavy atom. The highest BCUT2D eigenvalue weighted by molar-refractivity contribution is 5.87. The van der Waals surface area contributed by atoms with E-state index in [1.165, 1.54) is 65.7 Å². The van der Waals surface area contributed by atoms with Crippen molar-refractivity contribution in [2.75, 3.05) is 98.4 Å². The summed E-state index contributed by atoms with van der Waals surface area (Å²) in [6.07, 6.45) is 2.89. The summed E-state index contributed by atoms with van der Waals surface area (Å²) in [5.74, 6) is 2.88. The van der Waals surface area contributed by atoms with Crippen LogP contribution >= 0.6 is 0 Å². The molecule has 0 aromatic heterocycles. The normalized spacial score (nSPS) is 18.1. The first-order valence-electron chi connectivity index (χ1n) is 28.3. The van der Waals surface area contributed by atoms with Crippen LogP contribution in [-0.4, -0.2) is 123 Å². The van der Waals surface area contributed by atoms with Crippen LogP contribution in [0.2, 0.25) is 0 Å². The number of hydrogen-bond donors (Lipinski definition) is 0. The Kier molecular flexibility index (Phi) is 17.8. The second-order valence-electron chi connectivity index (χ2n) is 21.0. The first-order valence-corrected chi connectivity index (χ1v) is 28.3. The molecular weight excluding hydrogens is 947 g/mol. The van der Waals surface area contributed by atoms with Gasteiger partial charge in [-0.25, -0.2) is 0 Å². The van der Waals surface area contributed by atoms with Gasteiger partial charge >= 0.3 is 0 Å². The number of fused-ring (bicyclic) bond motifs is 18. The summed E-state index contributed by atoms with van der Waals surface area (Å²) in [5.41, 5.74) is 7.88. The molecule has 8 heteroatoms. The lowest BCUT2D eigenvalue weighted by Gasteiger charge is -2.33. The van der Waals surface area contributed by atoms with Gasteiger partial charge in [0.15, 0.2) is 0 Å². The van der Waals surface area contributed by atoms with E-state index in [2.05, 4.69) is 225 Å². The Balaban J connectivity index is 0.953. The maximum absolute atomic E-state index is 6.79. The van der Waals surface area contributed by atoms with Crippen LogP contribution in [0.1, 0.15) is 33.4 Å². The predicted molar refractivity (Wildman–Crippen MR) is 317 cm³/mol. The van der Waals surface area contributed by atoms with Crippen molar-refractivity contribution in [1.29, 1.82) is 0 Å². The van der Waals surface area contributed by atoms with E-state index >= 15 is 0 Å². The van der Waals surface area contributed by atoms with E-state index in [-0.39, 0.29) is 0 Å². The second kappa shape index (κ2) is 26.3. The van der Waals surface area contributed by atoms with Crippen molar-refractivity contribution in [3.8, 4) is 17.2 Å². The van der Waals surface area contributed by atoms with Gasteiger partial charge in [-0.05, 0) is 86.5 Å². The fourth-order valence-electron chi connectivity index (χ4n) is 11.6. The molecule has 0 saturated heterocycles. The largest absolute Gasteiger partial charge is 0.492 e. The lowest BCUT2D eigenvalue weighted by atomic mass is 10.0. The lowest BCUT2D eigenvalue weighted by Crippen LogP contribution is -2.44. The van der Waals surface area contributed by atoms with Crippen LogP contribution in [0.15, 0.2) is 200 Å². The first kappa shape index (κ1) is 52.0. The van der Waals surface area contributed by atoms with Gasteiger partial charge in [-0.2, -0.15) is 0 Å². The molecule has 0 atom stereocenters. The van der Waals surface area contributed by atoms with Gasteiger partial charge in [-0.1, -0.05) is 182 Å². The Morgan fingerprint density at radius 3 is 0.909 bits per heavy atom.